The molecule has 0 radical (unpaired) electrons. The molecule has 2 amide bonds. The summed E-state index contributed by atoms with van der Waals surface area (Å²) in [5, 5.41) is 6.30. The zero-order valence-electron chi connectivity index (χ0n) is 16.3. The minimum absolute atomic E-state index is 0.00519. The lowest BCUT2D eigenvalue weighted by Crippen LogP contribution is -2.48. The van der Waals surface area contributed by atoms with Crippen LogP contribution in [-0.4, -0.2) is 61.1 Å². The van der Waals surface area contributed by atoms with Crippen LogP contribution < -0.4 is 10.6 Å². The van der Waals surface area contributed by atoms with Crippen LogP contribution in [0, 0.1) is 24.2 Å². The summed E-state index contributed by atoms with van der Waals surface area (Å²) in [5.41, 5.74) is 0.464. The average molecular weight is 384 g/mol. The molecule has 2 fully saturated rings. The standard InChI is InChI=1S/C21H28N4O3/c1-15-5-4-8-22-18(15)23-9-10-24-20(27)21-13-25(11-17(21)12-28-14-21)19(26)16-6-2-3-7-16/h2-5,8,16-17H,6-7,9-14H2,1H3,(H,22,23)(H,24,27)/t17-,21-/m1/s1. The second kappa shape index (κ2) is 7.91. The van der Waals surface area contributed by atoms with Gasteiger partial charge in [-0.05, 0) is 31.4 Å². The SMILES string of the molecule is Cc1cccnc1NCCNC(=O)[C@]12COC[C@H]1CN(C(=O)C1CC=CC1)C2. The number of hydrogen-bond acceptors (Lipinski definition) is 5. The quantitative estimate of drug-likeness (QED) is 0.572. The molecular formula is C21H28N4O3. The number of likely N-dealkylation sites (tertiary alicyclic amines) is 1. The van der Waals surface area contributed by atoms with Crippen molar-refractivity contribution in [1.82, 2.24) is 15.2 Å². The van der Waals surface area contributed by atoms with Gasteiger partial charge in [0.1, 0.15) is 5.82 Å². The van der Waals surface area contributed by atoms with Crippen molar-refractivity contribution in [3.8, 4) is 0 Å². The molecule has 1 aliphatic carbocycles. The van der Waals surface area contributed by atoms with E-state index in [1.807, 2.05) is 24.0 Å². The van der Waals surface area contributed by atoms with Crippen molar-refractivity contribution in [2.75, 3.05) is 44.7 Å². The topological polar surface area (TPSA) is 83.6 Å². The van der Waals surface area contributed by atoms with Crippen molar-refractivity contribution < 1.29 is 14.3 Å². The average Bonchev–Trinajstić information content (AvgIpc) is 3.41. The van der Waals surface area contributed by atoms with Gasteiger partial charge in [-0.2, -0.15) is 0 Å². The molecule has 3 aliphatic rings. The number of rotatable bonds is 6. The highest BCUT2D eigenvalue weighted by molar-refractivity contribution is 5.87. The molecule has 28 heavy (non-hydrogen) atoms. The van der Waals surface area contributed by atoms with Gasteiger partial charge in [-0.3, -0.25) is 9.59 Å². The van der Waals surface area contributed by atoms with E-state index < -0.39 is 5.41 Å². The maximum absolute atomic E-state index is 13.0. The Morgan fingerprint density at radius 3 is 2.93 bits per heavy atom. The highest BCUT2D eigenvalue weighted by Gasteiger charge is 2.56. The van der Waals surface area contributed by atoms with Crippen LogP contribution in [0.4, 0.5) is 5.82 Å². The number of anilines is 1. The number of nitrogens with zero attached hydrogens (tertiary/aromatic N) is 2. The van der Waals surface area contributed by atoms with Gasteiger partial charge >= 0.3 is 0 Å². The van der Waals surface area contributed by atoms with Gasteiger partial charge in [-0.25, -0.2) is 4.98 Å². The van der Waals surface area contributed by atoms with Crippen LogP contribution in [0.2, 0.25) is 0 Å². The van der Waals surface area contributed by atoms with Gasteiger partial charge < -0.3 is 20.3 Å². The Morgan fingerprint density at radius 2 is 2.14 bits per heavy atom. The first-order chi connectivity index (χ1) is 13.6. The van der Waals surface area contributed by atoms with Crippen molar-refractivity contribution in [1.29, 1.82) is 0 Å². The molecule has 0 bridgehead atoms. The third-order valence-electron chi connectivity index (χ3n) is 6.21. The lowest BCUT2D eigenvalue weighted by Gasteiger charge is -2.27. The largest absolute Gasteiger partial charge is 0.380 e. The second-order valence-corrected chi connectivity index (χ2v) is 8.08. The summed E-state index contributed by atoms with van der Waals surface area (Å²) in [7, 11) is 0. The Bertz CT molecular complexity index is 773. The highest BCUT2D eigenvalue weighted by Crippen LogP contribution is 2.42. The first-order valence-electron chi connectivity index (χ1n) is 10.1. The molecule has 1 aromatic heterocycles. The van der Waals surface area contributed by atoms with E-state index in [1.54, 1.807) is 6.20 Å². The minimum Gasteiger partial charge on any atom is -0.380 e. The number of amides is 2. The summed E-state index contributed by atoms with van der Waals surface area (Å²) < 4.78 is 5.64. The minimum atomic E-state index is -0.609. The number of allylic oxidation sites excluding steroid dienone is 2. The highest BCUT2D eigenvalue weighted by atomic mass is 16.5. The fourth-order valence-electron chi connectivity index (χ4n) is 4.51. The number of carbonyl (C=O) groups is 2. The first kappa shape index (κ1) is 18.9. The smallest absolute Gasteiger partial charge is 0.230 e. The maximum atomic E-state index is 13.0. The number of hydrogen-bond donors (Lipinski definition) is 2. The van der Waals surface area contributed by atoms with Gasteiger partial charge in [0.15, 0.2) is 0 Å². The number of nitrogens with one attached hydrogen (secondary N) is 2. The zero-order valence-corrected chi connectivity index (χ0v) is 16.3. The fourth-order valence-corrected chi connectivity index (χ4v) is 4.51. The van der Waals surface area contributed by atoms with Crippen molar-refractivity contribution >= 4 is 17.6 Å². The monoisotopic (exact) mass is 384 g/mol. The van der Waals surface area contributed by atoms with E-state index in [1.165, 1.54) is 0 Å². The summed E-state index contributed by atoms with van der Waals surface area (Å²) in [6.07, 6.45) is 7.52. The third kappa shape index (κ3) is 3.51. The van der Waals surface area contributed by atoms with Crippen LogP contribution in [0.15, 0.2) is 30.5 Å². The molecule has 7 nitrogen and oxygen atoms in total. The van der Waals surface area contributed by atoms with Crippen LogP contribution in [0.5, 0.6) is 0 Å². The van der Waals surface area contributed by atoms with Crippen LogP contribution in [-0.2, 0) is 14.3 Å². The molecule has 4 rings (SSSR count). The molecule has 2 atom stereocenters. The van der Waals surface area contributed by atoms with Gasteiger partial charge in [0, 0.05) is 44.2 Å². The number of aryl methyl sites for hydroxylation is 1. The lowest BCUT2D eigenvalue weighted by molar-refractivity contribution is -0.136. The molecule has 0 spiro atoms. The van der Waals surface area contributed by atoms with E-state index in [9.17, 15) is 9.59 Å². The molecule has 2 saturated heterocycles. The van der Waals surface area contributed by atoms with E-state index >= 15 is 0 Å². The van der Waals surface area contributed by atoms with Crippen LogP contribution >= 0.6 is 0 Å². The van der Waals surface area contributed by atoms with Crippen molar-refractivity contribution in [2.24, 2.45) is 17.3 Å². The molecule has 0 aromatic carbocycles. The number of ether oxygens (including phenoxy) is 1. The molecule has 2 N–H and O–H groups in total. The van der Waals surface area contributed by atoms with Crippen molar-refractivity contribution in [3.63, 3.8) is 0 Å². The van der Waals surface area contributed by atoms with Gasteiger partial charge in [0.2, 0.25) is 11.8 Å². The summed E-state index contributed by atoms with van der Waals surface area (Å²) in [4.78, 5) is 32.0. The van der Waals surface area contributed by atoms with Gasteiger partial charge in [-0.1, -0.05) is 18.2 Å². The Kier molecular flexibility index (Phi) is 5.35. The molecule has 0 unspecified atom stereocenters. The molecule has 1 aromatic rings. The van der Waals surface area contributed by atoms with E-state index in [-0.39, 0.29) is 23.7 Å². The van der Waals surface area contributed by atoms with Crippen LogP contribution in [0.25, 0.3) is 0 Å². The Morgan fingerprint density at radius 1 is 1.32 bits per heavy atom. The first-order valence-corrected chi connectivity index (χ1v) is 10.1. The normalized spacial score (nSPS) is 26.5. The van der Waals surface area contributed by atoms with E-state index in [0.717, 1.165) is 24.2 Å². The molecule has 2 aliphatic heterocycles. The van der Waals surface area contributed by atoms with Crippen LogP contribution in [0.1, 0.15) is 18.4 Å². The summed E-state index contributed by atoms with van der Waals surface area (Å²) in [5.74, 6) is 1.13. The predicted molar refractivity (Wildman–Crippen MR) is 106 cm³/mol. The van der Waals surface area contributed by atoms with Crippen molar-refractivity contribution in [2.45, 2.75) is 19.8 Å². The third-order valence-corrected chi connectivity index (χ3v) is 6.21. The summed E-state index contributed by atoms with van der Waals surface area (Å²) >= 11 is 0. The maximum Gasteiger partial charge on any atom is 0.230 e. The number of aromatic nitrogens is 1. The molecule has 150 valence electrons. The van der Waals surface area contributed by atoms with Gasteiger partial charge in [0.25, 0.3) is 0 Å². The lowest BCUT2D eigenvalue weighted by atomic mass is 9.80. The van der Waals surface area contributed by atoms with E-state index in [2.05, 4.69) is 27.8 Å². The number of carbonyl (C=O) groups excluding carboxylic acids is 2. The number of pyridine rings is 1. The Balaban J connectivity index is 1.32. The Labute approximate surface area is 165 Å². The van der Waals surface area contributed by atoms with Gasteiger partial charge in [0.05, 0.1) is 18.6 Å². The van der Waals surface area contributed by atoms with Gasteiger partial charge in [-0.15, -0.1) is 0 Å². The molecule has 7 heteroatoms. The zero-order chi connectivity index (χ0) is 19.6. The molecular weight excluding hydrogens is 356 g/mol. The van der Waals surface area contributed by atoms with E-state index in [0.29, 0.717) is 39.4 Å². The second-order valence-electron chi connectivity index (χ2n) is 8.08. The Hall–Kier alpha value is -2.41. The molecule has 3 heterocycles. The number of fused-ring (bicyclic) bond motifs is 1. The summed E-state index contributed by atoms with van der Waals surface area (Å²) in [6.45, 7) is 5.12. The van der Waals surface area contributed by atoms with Crippen LogP contribution in [0.3, 0.4) is 0 Å². The fraction of sp³-hybridized carbons (Fsp3) is 0.571. The van der Waals surface area contributed by atoms with Crippen molar-refractivity contribution in [3.05, 3.63) is 36.0 Å². The summed E-state index contributed by atoms with van der Waals surface area (Å²) in [6, 6.07) is 3.90. The van der Waals surface area contributed by atoms with E-state index in [4.69, 9.17) is 4.74 Å². The molecule has 0 saturated carbocycles. The predicted octanol–water partition coefficient (Wildman–Crippen LogP) is 1.36.